The molecule has 1 saturated heterocycles. The average molecular weight is 299 g/mol. The fourth-order valence-corrected chi connectivity index (χ4v) is 3.02. The molecule has 1 spiro atoms. The molecule has 120 valence electrons. The Morgan fingerprint density at radius 2 is 1.90 bits per heavy atom. The lowest BCUT2D eigenvalue weighted by Gasteiger charge is -2.45. The summed E-state index contributed by atoms with van der Waals surface area (Å²) in [6.45, 7) is 7.04. The van der Waals surface area contributed by atoms with Gasteiger partial charge in [0.05, 0.1) is 24.7 Å². The topological polar surface area (TPSA) is 76.1 Å². The Morgan fingerprint density at radius 3 is 2.43 bits per heavy atom. The van der Waals surface area contributed by atoms with Crippen LogP contribution in [0.5, 0.6) is 0 Å². The monoisotopic (exact) mass is 299 g/mol. The van der Waals surface area contributed by atoms with Gasteiger partial charge in [-0.1, -0.05) is 0 Å². The second-order valence-electron chi connectivity index (χ2n) is 7.05. The molecule has 0 aromatic rings. The Hall–Kier alpha value is -1.30. The lowest BCUT2D eigenvalue weighted by Crippen LogP contribution is -2.56. The number of hydrogen-bond donors (Lipinski definition) is 1. The first-order chi connectivity index (χ1) is 9.71. The fraction of sp³-hybridized carbons (Fsp3) is 0.867. The van der Waals surface area contributed by atoms with E-state index in [4.69, 9.17) is 14.6 Å². The average Bonchev–Trinajstić information content (AvgIpc) is 2.37. The molecule has 2 aliphatic rings. The van der Waals surface area contributed by atoms with Crippen LogP contribution in [0.1, 0.15) is 46.5 Å². The maximum Gasteiger partial charge on any atom is 0.410 e. The van der Waals surface area contributed by atoms with Gasteiger partial charge in [0, 0.05) is 6.54 Å². The van der Waals surface area contributed by atoms with Crippen molar-refractivity contribution in [2.45, 2.75) is 57.7 Å². The first kappa shape index (κ1) is 16.1. The Morgan fingerprint density at radius 1 is 1.29 bits per heavy atom. The van der Waals surface area contributed by atoms with Crippen LogP contribution in [0.2, 0.25) is 0 Å². The Labute approximate surface area is 125 Å². The van der Waals surface area contributed by atoms with Crippen molar-refractivity contribution in [1.82, 2.24) is 4.90 Å². The molecule has 0 radical (unpaired) electrons. The summed E-state index contributed by atoms with van der Waals surface area (Å²) in [5.41, 5.74) is -0.898. The molecule has 1 aliphatic heterocycles. The summed E-state index contributed by atoms with van der Waals surface area (Å²) in [6, 6.07) is 0. The summed E-state index contributed by atoms with van der Waals surface area (Å²) < 4.78 is 11.3. The molecule has 1 N–H and O–H groups in total. The lowest BCUT2D eigenvalue weighted by atomic mass is 9.78. The van der Waals surface area contributed by atoms with Gasteiger partial charge in [-0.05, 0) is 46.5 Å². The summed E-state index contributed by atoms with van der Waals surface area (Å²) in [7, 11) is 0. The zero-order valence-corrected chi connectivity index (χ0v) is 13.1. The molecule has 0 bridgehead atoms. The Kier molecular flexibility index (Phi) is 4.46. The standard InChI is InChI=1S/C15H25NO5/c1-14(2,3)21-13(19)16-8-9-20-15(10-16)6-4-11(5-7-15)12(17)18/h11H,4-10H2,1-3H3,(H,17,18). The number of carbonyl (C=O) groups is 2. The molecular weight excluding hydrogens is 274 g/mol. The molecule has 1 amide bonds. The molecule has 21 heavy (non-hydrogen) atoms. The molecule has 2 rings (SSSR count). The summed E-state index contributed by atoms with van der Waals surface area (Å²) >= 11 is 0. The van der Waals surface area contributed by atoms with Crippen molar-refractivity contribution in [3.63, 3.8) is 0 Å². The number of nitrogens with zero attached hydrogens (tertiary/aromatic N) is 1. The number of carboxylic acids is 1. The van der Waals surface area contributed by atoms with E-state index in [1.807, 2.05) is 20.8 Å². The number of morpholine rings is 1. The Bertz CT molecular complexity index is 407. The molecule has 0 unspecified atom stereocenters. The van der Waals surface area contributed by atoms with E-state index in [2.05, 4.69) is 0 Å². The third-order valence-corrected chi connectivity index (χ3v) is 4.15. The van der Waals surface area contributed by atoms with Gasteiger partial charge >= 0.3 is 12.1 Å². The number of hydrogen-bond acceptors (Lipinski definition) is 4. The molecule has 0 atom stereocenters. The van der Waals surface area contributed by atoms with E-state index in [1.54, 1.807) is 4.90 Å². The van der Waals surface area contributed by atoms with Crippen molar-refractivity contribution in [2.75, 3.05) is 19.7 Å². The SMILES string of the molecule is CC(C)(C)OC(=O)N1CCOC2(CCC(C(=O)O)CC2)C1. The van der Waals surface area contributed by atoms with Crippen LogP contribution >= 0.6 is 0 Å². The van der Waals surface area contributed by atoms with Gasteiger partial charge in [0.15, 0.2) is 0 Å². The highest BCUT2D eigenvalue weighted by Crippen LogP contribution is 2.37. The second-order valence-corrected chi connectivity index (χ2v) is 7.05. The van der Waals surface area contributed by atoms with Crippen molar-refractivity contribution >= 4 is 12.1 Å². The molecular formula is C15H25NO5. The van der Waals surface area contributed by atoms with E-state index in [9.17, 15) is 9.59 Å². The first-order valence-electron chi connectivity index (χ1n) is 7.55. The highest BCUT2D eigenvalue weighted by Gasteiger charge is 2.43. The second kappa shape index (κ2) is 5.83. The van der Waals surface area contributed by atoms with Crippen molar-refractivity contribution in [3.05, 3.63) is 0 Å². The minimum atomic E-state index is -0.732. The fourth-order valence-electron chi connectivity index (χ4n) is 3.02. The van der Waals surface area contributed by atoms with Crippen LogP contribution in [0.4, 0.5) is 4.79 Å². The smallest absolute Gasteiger partial charge is 0.410 e. The van der Waals surface area contributed by atoms with E-state index >= 15 is 0 Å². The molecule has 0 aromatic carbocycles. The van der Waals surface area contributed by atoms with Crippen molar-refractivity contribution in [1.29, 1.82) is 0 Å². The van der Waals surface area contributed by atoms with Gasteiger partial charge in [0.25, 0.3) is 0 Å². The van der Waals surface area contributed by atoms with E-state index in [-0.39, 0.29) is 17.6 Å². The number of amides is 1. The molecule has 2 fully saturated rings. The number of aliphatic carboxylic acids is 1. The number of carboxylic acid groups (broad SMARTS) is 1. The number of carbonyl (C=O) groups excluding carboxylic acids is 1. The summed E-state index contributed by atoms with van der Waals surface area (Å²) in [5, 5.41) is 9.07. The van der Waals surface area contributed by atoms with E-state index < -0.39 is 11.6 Å². The van der Waals surface area contributed by atoms with Gasteiger partial charge in [0.1, 0.15) is 5.60 Å². The number of ether oxygens (including phenoxy) is 2. The normalized spacial score (nSPS) is 30.2. The largest absolute Gasteiger partial charge is 0.481 e. The molecule has 1 saturated carbocycles. The van der Waals surface area contributed by atoms with E-state index in [0.717, 1.165) is 0 Å². The molecule has 1 aliphatic carbocycles. The van der Waals surface area contributed by atoms with Gasteiger partial charge in [0.2, 0.25) is 0 Å². The minimum absolute atomic E-state index is 0.281. The van der Waals surface area contributed by atoms with Crippen molar-refractivity contribution in [3.8, 4) is 0 Å². The third-order valence-electron chi connectivity index (χ3n) is 4.15. The summed E-state index contributed by atoms with van der Waals surface area (Å²) in [5.74, 6) is -1.01. The maximum atomic E-state index is 12.2. The molecule has 6 nitrogen and oxygen atoms in total. The minimum Gasteiger partial charge on any atom is -0.481 e. The van der Waals surface area contributed by atoms with Crippen LogP contribution in [-0.4, -0.2) is 53.0 Å². The lowest BCUT2D eigenvalue weighted by molar-refractivity contribution is -0.152. The van der Waals surface area contributed by atoms with Crippen LogP contribution in [0, 0.1) is 5.92 Å². The van der Waals surface area contributed by atoms with Crippen LogP contribution in [-0.2, 0) is 14.3 Å². The number of rotatable bonds is 1. The zero-order valence-electron chi connectivity index (χ0n) is 13.1. The highest BCUT2D eigenvalue weighted by atomic mass is 16.6. The quantitative estimate of drug-likeness (QED) is 0.803. The molecule has 6 heteroatoms. The Balaban J connectivity index is 1.95. The summed E-state index contributed by atoms with van der Waals surface area (Å²) in [6.07, 6.45) is 2.27. The zero-order chi connectivity index (χ0) is 15.7. The maximum absolute atomic E-state index is 12.2. The molecule has 1 heterocycles. The van der Waals surface area contributed by atoms with Crippen LogP contribution in [0.3, 0.4) is 0 Å². The van der Waals surface area contributed by atoms with Crippen LogP contribution < -0.4 is 0 Å². The highest BCUT2D eigenvalue weighted by molar-refractivity contribution is 5.70. The van der Waals surface area contributed by atoms with Gasteiger partial charge in [-0.3, -0.25) is 4.79 Å². The third kappa shape index (κ3) is 4.09. The van der Waals surface area contributed by atoms with Gasteiger partial charge in [-0.25, -0.2) is 4.79 Å². The summed E-state index contributed by atoms with van der Waals surface area (Å²) in [4.78, 5) is 24.9. The first-order valence-corrected chi connectivity index (χ1v) is 7.55. The van der Waals surface area contributed by atoms with Crippen molar-refractivity contribution in [2.24, 2.45) is 5.92 Å². The van der Waals surface area contributed by atoms with E-state index in [0.29, 0.717) is 45.4 Å². The predicted molar refractivity (Wildman–Crippen MR) is 76.1 cm³/mol. The van der Waals surface area contributed by atoms with Crippen LogP contribution in [0.25, 0.3) is 0 Å². The van der Waals surface area contributed by atoms with Gasteiger partial charge in [-0.15, -0.1) is 0 Å². The van der Waals surface area contributed by atoms with Gasteiger partial charge < -0.3 is 19.5 Å². The van der Waals surface area contributed by atoms with E-state index in [1.165, 1.54) is 0 Å². The van der Waals surface area contributed by atoms with Crippen LogP contribution in [0.15, 0.2) is 0 Å². The predicted octanol–water partition coefficient (Wildman–Crippen LogP) is 2.27. The van der Waals surface area contributed by atoms with Gasteiger partial charge in [-0.2, -0.15) is 0 Å². The molecule has 0 aromatic heterocycles. The van der Waals surface area contributed by atoms with Crippen molar-refractivity contribution < 1.29 is 24.2 Å².